The summed E-state index contributed by atoms with van der Waals surface area (Å²) in [7, 11) is 0. The highest BCUT2D eigenvalue weighted by Crippen LogP contribution is 2.41. The Morgan fingerprint density at radius 2 is 1.95 bits per heavy atom. The van der Waals surface area contributed by atoms with Crippen molar-refractivity contribution in [1.82, 2.24) is 15.6 Å². The topological polar surface area (TPSA) is 92.4 Å². The van der Waals surface area contributed by atoms with Crippen molar-refractivity contribution in [2.45, 2.75) is 46.6 Å². The van der Waals surface area contributed by atoms with Crippen LogP contribution in [0.15, 0.2) is 54.5 Å². The molecule has 2 bridgehead atoms. The molecule has 7 heteroatoms. The van der Waals surface area contributed by atoms with Gasteiger partial charge in [0.05, 0.1) is 5.69 Å². The number of amides is 2. The van der Waals surface area contributed by atoms with Crippen LogP contribution >= 0.6 is 0 Å². The van der Waals surface area contributed by atoms with Crippen LogP contribution in [0.4, 0.5) is 10.5 Å². The fourth-order valence-electron chi connectivity index (χ4n) is 4.97. The molecule has 1 aromatic carbocycles. The zero-order valence-corrected chi connectivity index (χ0v) is 22.3. The van der Waals surface area contributed by atoms with E-state index in [9.17, 15) is 9.59 Å². The molecule has 2 heterocycles. The van der Waals surface area contributed by atoms with E-state index in [1.165, 1.54) is 5.57 Å². The number of piperidine rings is 2. The third kappa shape index (κ3) is 6.35. The zero-order valence-electron chi connectivity index (χ0n) is 22.3. The van der Waals surface area contributed by atoms with Crippen molar-refractivity contribution >= 4 is 29.8 Å². The molecule has 2 atom stereocenters. The van der Waals surface area contributed by atoms with E-state index in [0.717, 1.165) is 47.3 Å². The first kappa shape index (κ1) is 26.4. The van der Waals surface area contributed by atoms with Crippen molar-refractivity contribution in [3.63, 3.8) is 0 Å². The maximum atomic E-state index is 12.8. The molecule has 2 unspecified atom stereocenters. The van der Waals surface area contributed by atoms with Gasteiger partial charge in [0.25, 0.3) is 0 Å². The minimum atomic E-state index is -0.636. The highest BCUT2D eigenvalue weighted by molar-refractivity contribution is 5.93. The Balaban J connectivity index is 1.67. The number of aryl methyl sites for hydroxylation is 1. The monoisotopic (exact) mass is 500 g/mol. The number of anilines is 1. The molecule has 2 aliphatic rings. The molecule has 3 N–H and O–H groups in total. The van der Waals surface area contributed by atoms with Crippen LogP contribution in [0.5, 0.6) is 0 Å². The van der Waals surface area contributed by atoms with Crippen LogP contribution in [-0.2, 0) is 9.53 Å². The Labute approximate surface area is 219 Å². The highest BCUT2D eigenvalue weighted by Gasteiger charge is 2.38. The van der Waals surface area contributed by atoms with Crippen LogP contribution in [0, 0.1) is 18.8 Å². The lowest BCUT2D eigenvalue weighted by Crippen LogP contribution is -2.48. The van der Waals surface area contributed by atoms with Gasteiger partial charge in [0, 0.05) is 48.4 Å². The number of hydrogen-bond acceptors (Lipinski definition) is 5. The highest BCUT2D eigenvalue weighted by atomic mass is 16.6. The average Bonchev–Trinajstić information content (AvgIpc) is 2.82. The van der Waals surface area contributed by atoms with E-state index in [2.05, 4.69) is 27.5 Å². The summed E-state index contributed by atoms with van der Waals surface area (Å²) < 4.78 is 5.49. The van der Waals surface area contributed by atoms with Crippen LogP contribution in [0.1, 0.15) is 50.8 Å². The number of nitrogens with one attached hydrogen (secondary N) is 3. The molecule has 37 heavy (non-hydrogen) atoms. The van der Waals surface area contributed by atoms with Crippen molar-refractivity contribution in [1.29, 1.82) is 0 Å². The predicted octanol–water partition coefficient (Wildman–Crippen LogP) is 5.69. The van der Waals surface area contributed by atoms with Gasteiger partial charge in [0.2, 0.25) is 5.91 Å². The fraction of sp³-hybridized carbons (Fsp3) is 0.367. The lowest BCUT2D eigenvalue weighted by molar-refractivity contribution is -0.116. The molecule has 1 saturated carbocycles. The summed E-state index contributed by atoms with van der Waals surface area (Å²) in [4.78, 5) is 29.7. The van der Waals surface area contributed by atoms with Crippen LogP contribution < -0.4 is 16.0 Å². The van der Waals surface area contributed by atoms with Gasteiger partial charge in [-0.05, 0) is 93.8 Å². The predicted molar refractivity (Wildman–Crippen MR) is 149 cm³/mol. The second kappa shape index (κ2) is 10.7. The minimum absolute atomic E-state index is 0.119. The summed E-state index contributed by atoms with van der Waals surface area (Å²) >= 11 is 0. The number of allylic oxidation sites excluding steroid dienone is 1. The Morgan fingerprint density at radius 1 is 1.22 bits per heavy atom. The van der Waals surface area contributed by atoms with Crippen molar-refractivity contribution < 1.29 is 14.3 Å². The van der Waals surface area contributed by atoms with Gasteiger partial charge in [-0.15, -0.1) is 0 Å². The van der Waals surface area contributed by atoms with Crippen LogP contribution in [0.2, 0.25) is 0 Å². The SMILES string of the molecule is C=Cc1c(/C=C(\C)NC(=O)C=C2C3CNCC2C3)cc(-c2cnccc2C)cc1NC(=O)OC(C)(C)C. The number of nitrogens with zero attached hydrogens (tertiary/aromatic N) is 1. The van der Waals surface area contributed by atoms with Crippen molar-refractivity contribution in [3.05, 3.63) is 71.2 Å². The number of benzene rings is 1. The smallest absolute Gasteiger partial charge is 0.412 e. The lowest BCUT2D eigenvalue weighted by Gasteiger charge is -2.44. The van der Waals surface area contributed by atoms with Gasteiger partial charge in [-0.2, -0.15) is 0 Å². The number of rotatable bonds is 6. The molecular weight excluding hydrogens is 464 g/mol. The third-order valence-corrected chi connectivity index (χ3v) is 6.69. The largest absolute Gasteiger partial charge is 0.444 e. The first-order chi connectivity index (χ1) is 17.5. The second-order valence-corrected chi connectivity index (χ2v) is 10.8. The van der Waals surface area contributed by atoms with Gasteiger partial charge in [0.15, 0.2) is 0 Å². The number of pyridine rings is 1. The first-order valence-electron chi connectivity index (χ1n) is 12.7. The van der Waals surface area contributed by atoms with E-state index in [1.54, 1.807) is 24.5 Å². The molecule has 1 aliphatic heterocycles. The van der Waals surface area contributed by atoms with Crippen LogP contribution in [0.25, 0.3) is 23.3 Å². The molecule has 194 valence electrons. The summed E-state index contributed by atoms with van der Waals surface area (Å²) in [6.45, 7) is 15.2. The Bertz CT molecular complexity index is 1270. The molecule has 0 radical (unpaired) electrons. The Hall–Kier alpha value is -3.71. The van der Waals surface area contributed by atoms with Crippen molar-refractivity contribution in [2.24, 2.45) is 11.8 Å². The molecular formula is C30H36N4O3. The van der Waals surface area contributed by atoms with E-state index in [1.807, 2.05) is 58.9 Å². The van der Waals surface area contributed by atoms with Gasteiger partial charge in [-0.3, -0.25) is 15.1 Å². The van der Waals surface area contributed by atoms with Crippen LogP contribution in [0.3, 0.4) is 0 Å². The van der Waals surface area contributed by atoms with Gasteiger partial charge < -0.3 is 15.4 Å². The quantitative estimate of drug-likeness (QED) is 0.443. The van der Waals surface area contributed by atoms with E-state index >= 15 is 0 Å². The normalized spacial score (nSPS) is 18.9. The maximum Gasteiger partial charge on any atom is 0.412 e. The van der Waals surface area contributed by atoms with Gasteiger partial charge in [-0.25, -0.2) is 4.79 Å². The molecule has 1 aromatic heterocycles. The standard InChI is InChI=1S/C30H36N4O3/c1-7-24-20(10-19(3)33-28(35)14-25-22-12-23(25)16-32-15-22)11-21(26-17-31-9-8-18(26)2)13-27(24)34-29(36)37-30(4,5)6/h7-11,13-14,17,22-23,32H,1,12,15-16H2,2-6H3,(H,33,35)(H,34,36)/b19-10+,25-14?. The summed E-state index contributed by atoms with van der Waals surface area (Å²) in [5.41, 5.74) is 6.26. The summed E-state index contributed by atoms with van der Waals surface area (Å²) in [5.74, 6) is 0.830. The molecule has 2 fully saturated rings. The number of hydrogen-bond donors (Lipinski definition) is 3. The molecule has 4 rings (SSSR count). The molecule has 2 amide bonds. The van der Waals surface area contributed by atoms with E-state index in [-0.39, 0.29) is 5.91 Å². The average molecular weight is 501 g/mol. The minimum Gasteiger partial charge on any atom is -0.444 e. The van der Waals surface area contributed by atoms with Crippen molar-refractivity contribution in [2.75, 3.05) is 18.4 Å². The van der Waals surface area contributed by atoms with E-state index in [0.29, 0.717) is 23.2 Å². The first-order valence-corrected chi connectivity index (χ1v) is 12.7. The van der Waals surface area contributed by atoms with Gasteiger partial charge in [-0.1, -0.05) is 18.2 Å². The summed E-state index contributed by atoms with van der Waals surface area (Å²) in [5, 5.41) is 9.27. The molecule has 1 aliphatic carbocycles. The molecule has 2 aromatic rings. The van der Waals surface area contributed by atoms with Crippen LogP contribution in [-0.4, -0.2) is 35.7 Å². The number of carbonyl (C=O) groups is 2. The summed E-state index contributed by atoms with van der Waals surface area (Å²) in [6, 6.07) is 5.85. The number of aromatic nitrogens is 1. The number of ether oxygens (including phenoxy) is 1. The molecule has 7 nitrogen and oxygen atoms in total. The lowest BCUT2D eigenvalue weighted by atomic mass is 9.67. The van der Waals surface area contributed by atoms with E-state index < -0.39 is 11.7 Å². The Morgan fingerprint density at radius 3 is 2.57 bits per heavy atom. The number of fused-ring (bicyclic) bond motifs is 2. The Kier molecular flexibility index (Phi) is 7.64. The number of carbonyl (C=O) groups excluding carboxylic acids is 2. The fourth-order valence-corrected chi connectivity index (χ4v) is 4.97. The van der Waals surface area contributed by atoms with E-state index in [4.69, 9.17) is 4.74 Å². The second-order valence-electron chi connectivity index (χ2n) is 10.8. The third-order valence-electron chi connectivity index (χ3n) is 6.69. The zero-order chi connectivity index (χ0) is 26.7. The maximum absolute atomic E-state index is 12.8. The van der Waals surface area contributed by atoms with Crippen molar-refractivity contribution in [3.8, 4) is 11.1 Å². The summed E-state index contributed by atoms with van der Waals surface area (Å²) in [6.07, 6.45) is 9.51. The van der Waals surface area contributed by atoms with Gasteiger partial charge in [0.1, 0.15) is 5.60 Å². The molecule has 1 saturated heterocycles. The molecule has 0 spiro atoms. The van der Waals surface area contributed by atoms with Gasteiger partial charge >= 0.3 is 6.09 Å².